The molecule has 7 heteroatoms. The molecule has 1 aromatic carbocycles. The number of benzene rings is 1. The standard InChI is InChI=1S/C12H15F3N2.2ClH/c13-12(14,15)10-3-1-9(2-4-10)11(16)5-7-17-8-6-11;;/h1-4,17H,5-8,16H2;2*1H. The van der Waals surface area contributed by atoms with E-state index in [0.717, 1.165) is 43.6 Å². The second-order valence-electron chi connectivity index (χ2n) is 4.48. The third-order valence-corrected chi connectivity index (χ3v) is 3.28. The Morgan fingerprint density at radius 3 is 1.89 bits per heavy atom. The molecule has 0 radical (unpaired) electrons. The van der Waals surface area contributed by atoms with E-state index in [4.69, 9.17) is 5.73 Å². The van der Waals surface area contributed by atoms with Crippen LogP contribution >= 0.6 is 24.8 Å². The summed E-state index contributed by atoms with van der Waals surface area (Å²) >= 11 is 0. The summed E-state index contributed by atoms with van der Waals surface area (Å²) in [5.41, 5.74) is 5.89. The first-order chi connectivity index (χ1) is 7.92. The summed E-state index contributed by atoms with van der Waals surface area (Å²) < 4.78 is 37.2. The van der Waals surface area contributed by atoms with Crippen LogP contribution < -0.4 is 11.1 Å². The first-order valence-corrected chi connectivity index (χ1v) is 5.59. The molecule has 2 nitrogen and oxygen atoms in total. The highest BCUT2D eigenvalue weighted by Gasteiger charge is 2.33. The molecule has 0 aromatic heterocycles. The fraction of sp³-hybridized carbons (Fsp3) is 0.500. The van der Waals surface area contributed by atoms with Gasteiger partial charge in [-0.3, -0.25) is 0 Å². The minimum absolute atomic E-state index is 0. The Morgan fingerprint density at radius 2 is 1.47 bits per heavy atom. The highest BCUT2D eigenvalue weighted by molar-refractivity contribution is 5.85. The van der Waals surface area contributed by atoms with Crippen LogP contribution in [0.4, 0.5) is 13.2 Å². The molecule has 1 aliphatic heterocycles. The van der Waals surface area contributed by atoms with Crippen LogP contribution in [0.25, 0.3) is 0 Å². The maximum Gasteiger partial charge on any atom is 0.416 e. The first-order valence-electron chi connectivity index (χ1n) is 5.59. The summed E-state index contributed by atoms with van der Waals surface area (Å²) in [5, 5.41) is 3.19. The summed E-state index contributed by atoms with van der Waals surface area (Å²) in [4.78, 5) is 0. The van der Waals surface area contributed by atoms with Crippen LogP contribution in [-0.4, -0.2) is 13.1 Å². The van der Waals surface area contributed by atoms with E-state index < -0.39 is 17.3 Å². The molecular formula is C12H17Cl2F3N2. The van der Waals surface area contributed by atoms with Gasteiger partial charge in [0.1, 0.15) is 0 Å². The molecule has 1 aliphatic rings. The normalized spacial score (nSPS) is 18.1. The molecule has 0 saturated carbocycles. The maximum absolute atomic E-state index is 12.4. The van der Waals surface area contributed by atoms with E-state index >= 15 is 0 Å². The van der Waals surface area contributed by atoms with Gasteiger partial charge in [-0.15, -0.1) is 24.8 Å². The molecule has 0 bridgehead atoms. The molecule has 1 aromatic rings. The topological polar surface area (TPSA) is 38.0 Å². The van der Waals surface area contributed by atoms with Crippen molar-refractivity contribution in [3.05, 3.63) is 35.4 Å². The highest BCUT2D eigenvalue weighted by Crippen LogP contribution is 2.32. The highest BCUT2D eigenvalue weighted by atomic mass is 35.5. The Labute approximate surface area is 122 Å². The average Bonchev–Trinajstić information content (AvgIpc) is 2.29. The molecule has 110 valence electrons. The van der Waals surface area contributed by atoms with Gasteiger partial charge in [-0.25, -0.2) is 0 Å². The van der Waals surface area contributed by atoms with Gasteiger partial charge in [0.2, 0.25) is 0 Å². The lowest BCUT2D eigenvalue weighted by atomic mass is 9.82. The van der Waals surface area contributed by atoms with E-state index in [1.807, 2.05) is 0 Å². The Bertz CT molecular complexity index is 387. The van der Waals surface area contributed by atoms with Crippen LogP contribution in [0.15, 0.2) is 24.3 Å². The van der Waals surface area contributed by atoms with Gasteiger partial charge in [0.15, 0.2) is 0 Å². The van der Waals surface area contributed by atoms with Crippen molar-refractivity contribution in [3.8, 4) is 0 Å². The number of nitrogens with two attached hydrogens (primary N) is 1. The van der Waals surface area contributed by atoms with Gasteiger partial charge in [0.05, 0.1) is 5.56 Å². The zero-order valence-electron chi connectivity index (χ0n) is 10.2. The van der Waals surface area contributed by atoms with Crippen LogP contribution in [0.2, 0.25) is 0 Å². The fourth-order valence-corrected chi connectivity index (χ4v) is 2.15. The molecule has 0 amide bonds. The third kappa shape index (κ3) is 4.24. The van der Waals surface area contributed by atoms with Gasteiger partial charge in [0.25, 0.3) is 0 Å². The van der Waals surface area contributed by atoms with E-state index in [1.165, 1.54) is 12.1 Å². The van der Waals surface area contributed by atoms with Crippen LogP contribution in [0.5, 0.6) is 0 Å². The van der Waals surface area contributed by atoms with E-state index in [0.29, 0.717) is 0 Å². The zero-order valence-corrected chi connectivity index (χ0v) is 11.8. The maximum atomic E-state index is 12.4. The van der Waals surface area contributed by atoms with E-state index in [1.54, 1.807) is 0 Å². The van der Waals surface area contributed by atoms with Gasteiger partial charge in [0, 0.05) is 5.54 Å². The van der Waals surface area contributed by atoms with Gasteiger partial charge in [-0.1, -0.05) is 12.1 Å². The van der Waals surface area contributed by atoms with Crippen molar-refractivity contribution < 1.29 is 13.2 Å². The van der Waals surface area contributed by atoms with Crippen LogP contribution in [-0.2, 0) is 11.7 Å². The number of piperidine rings is 1. The predicted octanol–water partition coefficient (Wildman–Crippen LogP) is 3.09. The predicted molar refractivity (Wildman–Crippen MR) is 73.9 cm³/mol. The van der Waals surface area contributed by atoms with Crippen molar-refractivity contribution in [1.82, 2.24) is 5.32 Å². The second kappa shape index (κ2) is 6.79. The second-order valence-corrected chi connectivity index (χ2v) is 4.48. The Morgan fingerprint density at radius 1 is 1.00 bits per heavy atom. The summed E-state index contributed by atoms with van der Waals surface area (Å²) in [6.07, 6.45) is -2.79. The number of alkyl halides is 3. The van der Waals surface area contributed by atoms with Gasteiger partial charge in [-0.2, -0.15) is 13.2 Å². The summed E-state index contributed by atoms with van der Waals surface area (Å²) in [6.45, 7) is 1.61. The molecule has 1 saturated heterocycles. The van der Waals surface area contributed by atoms with Gasteiger partial charge >= 0.3 is 6.18 Å². The zero-order chi connectivity index (χ0) is 12.5. The van der Waals surface area contributed by atoms with Crippen LogP contribution in [0.1, 0.15) is 24.0 Å². The van der Waals surface area contributed by atoms with E-state index in [2.05, 4.69) is 5.32 Å². The minimum atomic E-state index is -4.28. The third-order valence-electron chi connectivity index (χ3n) is 3.28. The summed E-state index contributed by atoms with van der Waals surface area (Å²) in [7, 11) is 0. The number of hydrogen-bond acceptors (Lipinski definition) is 2. The number of nitrogens with one attached hydrogen (secondary N) is 1. The van der Waals surface area contributed by atoms with Crippen molar-refractivity contribution in [1.29, 1.82) is 0 Å². The van der Waals surface area contributed by atoms with E-state index in [9.17, 15) is 13.2 Å². The quantitative estimate of drug-likeness (QED) is 0.835. The lowest BCUT2D eigenvalue weighted by Crippen LogP contribution is -2.46. The van der Waals surface area contributed by atoms with Crippen LogP contribution in [0, 0.1) is 0 Å². The number of hydrogen-bond donors (Lipinski definition) is 2. The minimum Gasteiger partial charge on any atom is -0.321 e. The first kappa shape index (κ1) is 18.5. The average molecular weight is 317 g/mol. The molecule has 1 fully saturated rings. The number of halogens is 5. The Balaban J connectivity index is 0.00000162. The van der Waals surface area contributed by atoms with Crippen molar-refractivity contribution in [2.24, 2.45) is 5.73 Å². The lowest BCUT2D eigenvalue weighted by molar-refractivity contribution is -0.137. The van der Waals surface area contributed by atoms with Crippen molar-refractivity contribution >= 4 is 24.8 Å². The van der Waals surface area contributed by atoms with Crippen molar-refractivity contribution in [2.75, 3.05) is 13.1 Å². The molecule has 2 rings (SSSR count). The molecule has 0 atom stereocenters. The Kier molecular flexibility index (Phi) is 6.62. The Hall–Kier alpha value is -0.490. The molecular weight excluding hydrogens is 300 g/mol. The van der Waals surface area contributed by atoms with Gasteiger partial charge in [-0.05, 0) is 43.6 Å². The molecule has 1 heterocycles. The van der Waals surface area contributed by atoms with Crippen molar-refractivity contribution in [2.45, 2.75) is 24.6 Å². The molecule has 19 heavy (non-hydrogen) atoms. The van der Waals surface area contributed by atoms with Crippen molar-refractivity contribution in [3.63, 3.8) is 0 Å². The lowest BCUT2D eigenvalue weighted by Gasteiger charge is -2.34. The monoisotopic (exact) mass is 316 g/mol. The smallest absolute Gasteiger partial charge is 0.321 e. The summed E-state index contributed by atoms with van der Waals surface area (Å²) in [6, 6.07) is 5.19. The largest absolute Gasteiger partial charge is 0.416 e. The number of rotatable bonds is 1. The molecule has 0 aliphatic carbocycles. The molecule has 3 N–H and O–H groups in total. The molecule has 0 unspecified atom stereocenters. The SMILES string of the molecule is Cl.Cl.NC1(c2ccc(C(F)(F)F)cc2)CCNCC1. The van der Waals surface area contributed by atoms with E-state index in [-0.39, 0.29) is 24.8 Å². The fourth-order valence-electron chi connectivity index (χ4n) is 2.15. The van der Waals surface area contributed by atoms with Crippen LogP contribution in [0.3, 0.4) is 0 Å². The van der Waals surface area contributed by atoms with Gasteiger partial charge < -0.3 is 11.1 Å². The molecule has 0 spiro atoms. The summed E-state index contributed by atoms with van der Waals surface area (Å²) in [5.74, 6) is 0.